The fourth-order valence-electron chi connectivity index (χ4n) is 1.85. The van der Waals surface area contributed by atoms with Crippen molar-refractivity contribution in [1.82, 2.24) is 4.57 Å². The first-order chi connectivity index (χ1) is 6.83. The van der Waals surface area contributed by atoms with E-state index in [1.54, 1.807) is 0 Å². The molecule has 0 bridgehead atoms. The first-order valence-corrected chi connectivity index (χ1v) is 5.00. The van der Waals surface area contributed by atoms with Crippen LogP contribution >= 0.6 is 0 Å². The van der Waals surface area contributed by atoms with Crippen LogP contribution in [0.2, 0.25) is 0 Å². The number of aromatic nitrogens is 1. The van der Waals surface area contributed by atoms with E-state index in [0.29, 0.717) is 6.10 Å². The lowest BCUT2D eigenvalue weighted by atomic mass is 10.2. The van der Waals surface area contributed by atoms with Crippen LogP contribution in [-0.2, 0) is 11.3 Å². The zero-order valence-corrected chi connectivity index (χ0v) is 8.23. The van der Waals surface area contributed by atoms with Crippen molar-refractivity contribution in [2.45, 2.75) is 19.6 Å². The Morgan fingerprint density at radius 2 is 2.29 bits per heavy atom. The maximum Gasteiger partial charge on any atom is 0.0988 e. The molecule has 1 aliphatic heterocycles. The first-order valence-electron chi connectivity index (χ1n) is 5.00. The molecule has 2 heterocycles. The maximum atomic E-state index is 5.24. The lowest BCUT2D eigenvalue weighted by Gasteiger charge is -2.02. The highest BCUT2D eigenvalue weighted by Gasteiger charge is 2.22. The Morgan fingerprint density at radius 3 is 3.07 bits per heavy atom. The Bertz CT molecular complexity index is 468. The van der Waals surface area contributed by atoms with E-state index in [9.17, 15) is 0 Å². The predicted octanol–water partition coefficient (Wildman–Crippen LogP) is 2.35. The van der Waals surface area contributed by atoms with E-state index in [0.717, 1.165) is 13.2 Å². The van der Waals surface area contributed by atoms with Crippen molar-refractivity contribution >= 4 is 10.9 Å². The lowest BCUT2D eigenvalue weighted by molar-refractivity contribution is 0.385. The highest BCUT2D eigenvalue weighted by molar-refractivity contribution is 5.80. The molecule has 1 fully saturated rings. The summed E-state index contributed by atoms with van der Waals surface area (Å²) in [6, 6.07) is 8.73. The minimum Gasteiger partial charge on any atom is -0.371 e. The number of rotatable bonds is 2. The third-order valence-corrected chi connectivity index (χ3v) is 2.73. The zero-order valence-electron chi connectivity index (χ0n) is 8.23. The quantitative estimate of drug-likeness (QED) is 0.660. The third-order valence-electron chi connectivity index (χ3n) is 2.73. The van der Waals surface area contributed by atoms with E-state index in [1.807, 2.05) is 0 Å². The Morgan fingerprint density at radius 1 is 1.43 bits per heavy atom. The topological polar surface area (TPSA) is 17.5 Å². The number of ether oxygens (including phenoxy) is 1. The van der Waals surface area contributed by atoms with E-state index in [4.69, 9.17) is 4.74 Å². The van der Waals surface area contributed by atoms with Crippen LogP contribution < -0.4 is 0 Å². The second-order valence-electron chi connectivity index (χ2n) is 3.99. The van der Waals surface area contributed by atoms with Gasteiger partial charge in [0.15, 0.2) is 0 Å². The summed E-state index contributed by atoms with van der Waals surface area (Å²) in [6.45, 7) is 4.04. The number of aryl methyl sites for hydroxylation is 1. The number of hydrogen-bond acceptors (Lipinski definition) is 1. The SMILES string of the molecule is Cc1ccc2ccn(CC3CO3)c2c1. The molecule has 1 atom stereocenters. The van der Waals surface area contributed by atoms with Gasteiger partial charge in [0.25, 0.3) is 0 Å². The molecular weight excluding hydrogens is 174 g/mol. The average molecular weight is 187 g/mol. The molecule has 14 heavy (non-hydrogen) atoms. The van der Waals surface area contributed by atoms with Crippen molar-refractivity contribution in [2.75, 3.05) is 6.61 Å². The molecule has 72 valence electrons. The van der Waals surface area contributed by atoms with Crippen LogP contribution in [0.3, 0.4) is 0 Å². The Hall–Kier alpha value is -1.28. The van der Waals surface area contributed by atoms with Gasteiger partial charge < -0.3 is 9.30 Å². The fraction of sp³-hybridized carbons (Fsp3) is 0.333. The molecule has 2 heteroatoms. The van der Waals surface area contributed by atoms with Crippen LogP contribution in [0.25, 0.3) is 10.9 Å². The molecule has 2 nitrogen and oxygen atoms in total. The summed E-state index contributed by atoms with van der Waals surface area (Å²) < 4.78 is 7.52. The van der Waals surface area contributed by atoms with E-state index in [-0.39, 0.29) is 0 Å². The molecule has 0 radical (unpaired) electrons. The molecular formula is C12H13NO. The minimum atomic E-state index is 0.450. The van der Waals surface area contributed by atoms with Crippen LogP contribution in [0.15, 0.2) is 30.5 Å². The molecule has 0 aliphatic carbocycles. The second kappa shape index (κ2) is 2.85. The molecule has 1 aromatic carbocycles. The fourth-order valence-corrected chi connectivity index (χ4v) is 1.85. The number of epoxide rings is 1. The summed E-state index contributed by atoms with van der Waals surface area (Å²) in [5.74, 6) is 0. The normalized spacial score (nSPS) is 20.2. The number of fused-ring (bicyclic) bond motifs is 1. The summed E-state index contributed by atoms with van der Waals surface area (Å²) in [7, 11) is 0. The summed E-state index contributed by atoms with van der Waals surface area (Å²) in [5.41, 5.74) is 2.63. The largest absolute Gasteiger partial charge is 0.371 e. The Balaban J connectivity index is 2.08. The highest BCUT2D eigenvalue weighted by Crippen LogP contribution is 2.20. The lowest BCUT2D eigenvalue weighted by Crippen LogP contribution is -2.01. The van der Waals surface area contributed by atoms with E-state index < -0.39 is 0 Å². The van der Waals surface area contributed by atoms with Gasteiger partial charge in [-0.2, -0.15) is 0 Å². The molecule has 3 rings (SSSR count). The van der Waals surface area contributed by atoms with Gasteiger partial charge >= 0.3 is 0 Å². The van der Waals surface area contributed by atoms with Gasteiger partial charge in [-0.1, -0.05) is 12.1 Å². The van der Waals surface area contributed by atoms with Crippen molar-refractivity contribution in [3.05, 3.63) is 36.0 Å². The molecule has 1 unspecified atom stereocenters. The molecule has 0 saturated carbocycles. The summed E-state index contributed by atoms with van der Waals surface area (Å²) >= 11 is 0. The second-order valence-corrected chi connectivity index (χ2v) is 3.99. The van der Waals surface area contributed by atoms with Gasteiger partial charge in [-0.15, -0.1) is 0 Å². The smallest absolute Gasteiger partial charge is 0.0988 e. The predicted molar refractivity (Wildman–Crippen MR) is 56.4 cm³/mol. The van der Waals surface area contributed by atoms with E-state index in [1.165, 1.54) is 16.5 Å². The number of benzene rings is 1. The van der Waals surface area contributed by atoms with Crippen LogP contribution in [0.5, 0.6) is 0 Å². The van der Waals surface area contributed by atoms with Crippen LogP contribution in [0, 0.1) is 6.92 Å². The summed E-state index contributed by atoms with van der Waals surface area (Å²) in [6.07, 6.45) is 2.59. The molecule has 1 aromatic heterocycles. The minimum absolute atomic E-state index is 0.450. The zero-order chi connectivity index (χ0) is 9.54. The Kier molecular flexibility index (Phi) is 1.64. The standard InChI is InChI=1S/C12H13NO/c1-9-2-3-10-4-5-13(12(10)6-9)7-11-8-14-11/h2-6,11H,7-8H2,1H3. The monoisotopic (exact) mass is 187 g/mol. The van der Waals surface area contributed by atoms with Crippen LogP contribution in [0.4, 0.5) is 0 Å². The van der Waals surface area contributed by atoms with E-state index in [2.05, 4.69) is 42.0 Å². The van der Waals surface area contributed by atoms with Crippen molar-refractivity contribution in [3.8, 4) is 0 Å². The van der Waals surface area contributed by atoms with Crippen LogP contribution in [0.1, 0.15) is 5.56 Å². The van der Waals surface area contributed by atoms with Gasteiger partial charge in [0.05, 0.1) is 19.3 Å². The molecule has 0 amide bonds. The van der Waals surface area contributed by atoms with Gasteiger partial charge in [-0.05, 0) is 30.0 Å². The number of hydrogen-bond donors (Lipinski definition) is 0. The molecule has 1 saturated heterocycles. The molecule has 1 aliphatic rings. The highest BCUT2D eigenvalue weighted by atomic mass is 16.6. The first kappa shape index (κ1) is 8.06. The van der Waals surface area contributed by atoms with Gasteiger partial charge in [-0.25, -0.2) is 0 Å². The Labute approximate surface area is 83.1 Å². The van der Waals surface area contributed by atoms with Crippen molar-refractivity contribution in [2.24, 2.45) is 0 Å². The number of nitrogens with zero attached hydrogens (tertiary/aromatic N) is 1. The molecule has 0 N–H and O–H groups in total. The van der Waals surface area contributed by atoms with Crippen molar-refractivity contribution < 1.29 is 4.74 Å². The van der Waals surface area contributed by atoms with Crippen molar-refractivity contribution in [1.29, 1.82) is 0 Å². The molecule has 2 aromatic rings. The van der Waals surface area contributed by atoms with Crippen LogP contribution in [-0.4, -0.2) is 17.3 Å². The van der Waals surface area contributed by atoms with Crippen molar-refractivity contribution in [3.63, 3.8) is 0 Å². The van der Waals surface area contributed by atoms with Gasteiger partial charge in [0.2, 0.25) is 0 Å². The molecule has 0 spiro atoms. The van der Waals surface area contributed by atoms with Gasteiger partial charge in [0.1, 0.15) is 0 Å². The van der Waals surface area contributed by atoms with Gasteiger partial charge in [-0.3, -0.25) is 0 Å². The van der Waals surface area contributed by atoms with Gasteiger partial charge in [0, 0.05) is 11.7 Å². The average Bonchev–Trinajstić information content (AvgIpc) is 2.90. The maximum absolute atomic E-state index is 5.24. The summed E-state index contributed by atoms with van der Waals surface area (Å²) in [4.78, 5) is 0. The van der Waals surface area contributed by atoms with E-state index >= 15 is 0 Å². The third kappa shape index (κ3) is 1.32. The summed E-state index contributed by atoms with van der Waals surface area (Å²) in [5, 5.41) is 1.32.